The predicted octanol–water partition coefficient (Wildman–Crippen LogP) is 2.51. The SMILES string of the molecule is FC(F)(F)C1(c2ccc3c(c2)CNN3Cc2ccccc2)NCON1. The van der Waals surface area contributed by atoms with E-state index in [9.17, 15) is 13.2 Å². The molecule has 0 bridgehead atoms. The molecule has 0 amide bonds. The van der Waals surface area contributed by atoms with Crippen LogP contribution in [-0.2, 0) is 23.6 Å². The molecule has 2 aromatic carbocycles. The fourth-order valence-corrected chi connectivity index (χ4v) is 3.20. The Labute approximate surface area is 142 Å². The van der Waals surface area contributed by atoms with Gasteiger partial charge in [0.1, 0.15) is 6.73 Å². The highest BCUT2D eigenvalue weighted by Crippen LogP contribution is 2.40. The van der Waals surface area contributed by atoms with Gasteiger partial charge in [0, 0.05) is 6.54 Å². The summed E-state index contributed by atoms with van der Waals surface area (Å²) >= 11 is 0. The van der Waals surface area contributed by atoms with Gasteiger partial charge in [-0.1, -0.05) is 36.4 Å². The molecule has 5 nitrogen and oxygen atoms in total. The van der Waals surface area contributed by atoms with Crippen LogP contribution in [0.2, 0.25) is 0 Å². The summed E-state index contributed by atoms with van der Waals surface area (Å²) in [4.78, 5) is 4.75. The highest BCUT2D eigenvalue weighted by atomic mass is 19.4. The van der Waals surface area contributed by atoms with Gasteiger partial charge in [0.15, 0.2) is 0 Å². The van der Waals surface area contributed by atoms with Gasteiger partial charge in [0.25, 0.3) is 0 Å². The summed E-state index contributed by atoms with van der Waals surface area (Å²) in [5.74, 6) is 0. The van der Waals surface area contributed by atoms with Crippen molar-refractivity contribution in [3.63, 3.8) is 0 Å². The molecule has 2 heterocycles. The number of fused-ring (bicyclic) bond motifs is 1. The van der Waals surface area contributed by atoms with Crippen LogP contribution in [0.3, 0.4) is 0 Å². The molecule has 0 saturated carbocycles. The van der Waals surface area contributed by atoms with E-state index in [1.807, 2.05) is 35.3 Å². The molecule has 4 rings (SSSR count). The molecule has 2 aliphatic heterocycles. The van der Waals surface area contributed by atoms with E-state index in [1.165, 1.54) is 6.07 Å². The lowest BCUT2D eigenvalue weighted by Crippen LogP contribution is -2.57. The first-order chi connectivity index (χ1) is 12.0. The average molecular weight is 350 g/mol. The summed E-state index contributed by atoms with van der Waals surface area (Å²) in [6.45, 7) is 0.900. The van der Waals surface area contributed by atoms with Crippen molar-refractivity contribution in [1.82, 2.24) is 16.2 Å². The molecule has 132 valence electrons. The molecule has 1 fully saturated rings. The second kappa shape index (κ2) is 5.99. The first-order valence-corrected chi connectivity index (χ1v) is 7.89. The molecule has 0 aliphatic carbocycles. The van der Waals surface area contributed by atoms with E-state index in [1.54, 1.807) is 12.1 Å². The number of hydroxylamine groups is 1. The average Bonchev–Trinajstić information content (AvgIpc) is 3.23. The van der Waals surface area contributed by atoms with E-state index in [4.69, 9.17) is 4.84 Å². The Kier molecular flexibility index (Phi) is 3.92. The molecule has 1 atom stereocenters. The zero-order chi connectivity index (χ0) is 17.5. The standard InChI is InChI=1S/C17H17F3N4O/c18-17(19,20)16(21-11-25-23-16)14-6-7-15-13(8-14)9-22-24(15)10-12-4-2-1-3-5-12/h1-8,21-23H,9-11H2. The van der Waals surface area contributed by atoms with Crippen molar-refractivity contribution in [3.05, 3.63) is 65.2 Å². The Morgan fingerprint density at radius 1 is 1.12 bits per heavy atom. The minimum absolute atomic E-state index is 0.0830. The second-order valence-electron chi connectivity index (χ2n) is 6.07. The summed E-state index contributed by atoms with van der Waals surface area (Å²) in [6.07, 6.45) is -4.53. The molecule has 25 heavy (non-hydrogen) atoms. The van der Waals surface area contributed by atoms with Gasteiger partial charge in [-0.05, 0) is 28.8 Å². The van der Waals surface area contributed by atoms with Crippen LogP contribution < -0.4 is 21.2 Å². The van der Waals surface area contributed by atoms with Gasteiger partial charge in [-0.15, -0.1) is 0 Å². The van der Waals surface area contributed by atoms with E-state index in [0.717, 1.165) is 16.8 Å². The fourth-order valence-electron chi connectivity index (χ4n) is 3.20. The number of anilines is 1. The van der Waals surface area contributed by atoms with Crippen LogP contribution in [-0.4, -0.2) is 12.9 Å². The van der Waals surface area contributed by atoms with E-state index >= 15 is 0 Å². The number of rotatable bonds is 3. The van der Waals surface area contributed by atoms with Gasteiger partial charge in [0.05, 0.1) is 12.2 Å². The molecule has 0 radical (unpaired) electrons. The summed E-state index contributed by atoms with van der Waals surface area (Å²) in [5, 5.41) is 4.32. The van der Waals surface area contributed by atoms with Gasteiger partial charge < -0.3 is 5.01 Å². The minimum atomic E-state index is -4.53. The molecule has 1 unspecified atom stereocenters. The molecule has 3 N–H and O–H groups in total. The molecular weight excluding hydrogens is 333 g/mol. The molecule has 0 aromatic heterocycles. The topological polar surface area (TPSA) is 48.6 Å². The largest absolute Gasteiger partial charge is 0.426 e. The van der Waals surface area contributed by atoms with Gasteiger partial charge in [-0.2, -0.15) is 18.7 Å². The molecule has 0 spiro atoms. The minimum Gasteiger partial charge on any atom is -0.303 e. The van der Waals surface area contributed by atoms with Crippen molar-refractivity contribution < 1.29 is 18.0 Å². The van der Waals surface area contributed by atoms with Crippen molar-refractivity contribution in [3.8, 4) is 0 Å². The van der Waals surface area contributed by atoms with Crippen LogP contribution in [0, 0.1) is 0 Å². The van der Waals surface area contributed by atoms with Crippen LogP contribution in [0.15, 0.2) is 48.5 Å². The monoisotopic (exact) mass is 350 g/mol. The van der Waals surface area contributed by atoms with Crippen molar-refractivity contribution in [1.29, 1.82) is 0 Å². The molecular formula is C17H17F3N4O. The van der Waals surface area contributed by atoms with Crippen molar-refractivity contribution >= 4 is 5.69 Å². The zero-order valence-electron chi connectivity index (χ0n) is 13.2. The third kappa shape index (κ3) is 2.77. The highest BCUT2D eigenvalue weighted by Gasteiger charge is 2.59. The number of nitrogens with zero attached hydrogens (tertiary/aromatic N) is 1. The van der Waals surface area contributed by atoms with Crippen molar-refractivity contribution in [2.75, 3.05) is 11.7 Å². The normalized spacial score (nSPS) is 23.1. The Morgan fingerprint density at radius 3 is 2.60 bits per heavy atom. The number of hydrogen-bond donors (Lipinski definition) is 3. The Morgan fingerprint density at radius 2 is 1.92 bits per heavy atom. The summed E-state index contributed by atoms with van der Waals surface area (Å²) in [5.41, 5.74) is 5.83. The van der Waals surface area contributed by atoms with E-state index in [2.05, 4.69) is 16.2 Å². The predicted molar refractivity (Wildman–Crippen MR) is 85.9 cm³/mol. The third-order valence-electron chi connectivity index (χ3n) is 4.51. The molecule has 1 saturated heterocycles. The van der Waals surface area contributed by atoms with Gasteiger partial charge in [-0.3, -0.25) is 10.2 Å². The van der Waals surface area contributed by atoms with Crippen LogP contribution in [0.5, 0.6) is 0 Å². The Hall–Kier alpha value is -2.13. The van der Waals surface area contributed by atoms with E-state index in [-0.39, 0.29) is 12.3 Å². The maximum atomic E-state index is 13.6. The number of hydrogen-bond acceptors (Lipinski definition) is 5. The summed E-state index contributed by atoms with van der Waals surface area (Å²) in [6, 6.07) is 14.6. The number of benzene rings is 2. The third-order valence-corrected chi connectivity index (χ3v) is 4.51. The van der Waals surface area contributed by atoms with Gasteiger partial charge >= 0.3 is 6.18 Å². The number of nitrogens with one attached hydrogen (secondary N) is 3. The lowest BCUT2D eigenvalue weighted by atomic mass is 9.97. The molecule has 8 heteroatoms. The van der Waals surface area contributed by atoms with Crippen LogP contribution in [0.4, 0.5) is 18.9 Å². The van der Waals surface area contributed by atoms with Crippen LogP contribution in [0.1, 0.15) is 16.7 Å². The first-order valence-electron chi connectivity index (χ1n) is 7.89. The second-order valence-corrected chi connectivity index (χ2v) is 6.07. The van der Waals surface area contributed by atoms with Crippen molar-refractivity contribution in [2.24, 2.45) is 0 Å². The van der Waals surface area contributed by atoms with Crippen molar-refractivity contribution in [2.45, 2.75) is 24.9 Å². The van der Waals surface area contributed by atoms with Gasteiger partial charge in [-0.25, -0.2) is 5.43 Å². The fraction of sp³-hybridized carbons (Fsp3) is 0.294. The zero-order valence-corrected chi connectivity index (χ0v) is 13.2. The van der Waals surface area contributed by atoms with Gasteiger partial charge in [0.2, 0.25) is 5.66 Å². The number of alkyl halides is 3. The van der Waals surface area contributed by atoms with E-state index in [0.29, 0.717) is 13.1 Å². The van der Waals surface area contributed by atoms with E-state index < -0.39 is 11.8 Å². The maximum absolute atomic E-state index is 13.6. The van der Waals surface area contributed by atoms with Crippen LogP contribution in [0.25, 0.3) is 0 Å². The molecule has 2 aromatic rings. The number of hydrazine groups is 1. The Bertz CT molecular complexity index is 760. The van der Waals surface area contributed by atoms with Crippen LogP contribution >= 0.6 is 0 Å². The lowest BCUT2D eigenvalue weighted by molar-refractivity contribution is -0.216. The lowest BCUT2D eigenvalue weighted by Gasteiger charge is -2.31. The smallest absolute Gasteiger partial charge is 0.303 e. The highest BCUT2D eigenvalue weighted by molar-refractivity contribution is 5.58. The first kappa shape index (κ1) is 16.3. The Balaban J connectivity index is 1.63. The molecule has 2 aliphatic rings. The maximum Gasteiger partial charge on any atom is 0.426 e. The quantitative estimate of drug-likeness (QED) is 0.794. The summed E-state index contributed by atoms with van der Waals surface area (Å²) < 4.78 is 40.8. The number of halogens is 3. The summed E-state index contributed by atoms with van der Waals surface area (Å²) in [7, 11) is 0.